The lowest BCUT2D eigenvalue weighted by Gasteiger charge is -2.23. The first-order chi connectivity index (χ1) is 14.2. The first kappa shape index (κ1) is 20.0. The van der Waals surface area contributed by atoms with Gasteiger partial charge in [-0.2, -0.15) is 0 Å². The molecule has 7 heteroatoms. The zero-order valence-electron chi connectivity index (χ0n) is 16.1. The predicted octanol–water partition coefficient (Wildman–Crippen LogP) is 3.89. The Bertz CT molecular complexity index is 890. The second kappa shape index (κ2) is 9.98. The summed E-state index contributed by atoms with van der Waals surface area (Å²) in [6.45, 7) is 2.87. The molecule has 2 aromatic heterocycles. The number of nitrogens with zero attached hydrogens (tertiary/aromatic N) is 3. The van der Waals surface area contributed by atoms with Crippen molar-refractivity contribution in [3.05, 3.63) is 90.0 Å². The Morgan fingerprint density at radius 2 is 1.52 bits per heavy atom. The number of hydrogen-bond donors (Lipinski definition) is 1. The van der Waals surface area contributed by atoms with E-state index in [0.29, 0.717) is 30.9 Å². The number of ether oxygens (including phenoxy) is 1. The number of benzene rings is 1. The fourth-order valence-electron chi connectivity index (χ4n) is 2.73. The van der Waals surface area contributed by atoms with Crippen molar-refractivity contribution in [3.63, 3.8) is 0 Å². The van der Waals surface area contributed by atoms with Crippen LogP contribution in [0.5, 0.6) is 0 Å². The molecular formula is C22H22N4O3. The first-order valence-corrected chi connectivity index (χ1v) is 9.26. The molecule has 1 N–H and O–H groups in total. The minimum absolute atomic E-state index is 0.262. The fourth-order valence-corrected chi connectivity index (χ4v) is 2.73. The van der Waals surface area contributed by atoms with Crippen LogP contribution < -0.4 is 5.32 Å². The molecule has 0 unspecified atom stereocenters. The lowest BCUT2D eigenvalue weighted by molar-refractivity contribution is 0.0526. The van der Waals surface area contributed by atoms with Gasteiger partial charge in [0.05, 0.1) is 12.2 Å². The van der Waals surface area contributed by atoms with Crippen molar-refractivity contribution >= 4 is 17.7 Å². The summed E-state index contributed by atoms with van der Waals surface area (Å²) in [6, 6.07) is 13.9. The maximum absolute atomic E-state index is 12.9. The summed E-state index contributed by atoms with van der Waals surface area (Å²) in [4.78, 5) is 34.6. The average Bonchev–Trinajstić information content (AvgIpc) is 2.75. The average molecular weight is 390 g/mol. The molecule has 0 aliphatic heterocycles. The molecule has 0 fully saturated rings. The molecule has 0 aliphatic rings. The molecule has 0 bridgehead atoms. The van der Waals surface area contributed by atoms with Crippen molar-refractivity contribution in [2.45, 2.75) is 20.0 Å². The number of anilines is 1. The molecule has 0 saturated heterocycles. The normalized spacial score (nSPS) is 10.2. The van der Waals surface area contributed by atoms with Gasteiger partial charge in [-0.05, 0) is 54.4 Å². The van der Waals surface area contributed by atoms with Gasteiger partial charge in [0.2, 0.25) is 0 Å². The zero-order valence-corrected chi connectivity index (χ0v) is 16.1. The number of amides is 2. The van der Waals surface area contributed by atoms with Gasteiger partial charge in [-0.3, -0.25) is 9.97 Å². The number of carbonyl (C=O) groups is 2. The molecule has 0 atom stereocenters. The number of nitrogens with one attached hydrogen (secondary N) is 1. The third-order valence-electron chi connectivity index (χ3n) is 4.13. The van der Waals surface area contributed by atoms with Crippen molar-refractivity contribution in [1.29, 1.82) is 0 Å². The van der Waals surface area contributed by atoms with Crippen LogP contribution in [0, 0.1) is 0 Å². The molecule has 148 valence electrons. The number of rotatable bonds is 7. The molecule has 3 aromatic rings. The maximum atomic E-state index is 12.9. The molecule has 0 radical (unpaired) electrons. The van der Waals surface area contributed by atoms with Crippen LogP contribution >= 0.6 is 0 Å². The molecule has 2 amide bonds. The second-order valence-corrected chi connectivity index (χ2v) is 6.31. The third kappa shape index (κ3) is 5.87. The number of hydrogen-bond acceptors (Lipinski definition) is 5. The van der Waals surface area contributed by atoms with Crippen LogP contribution in [0.25, 0.3) is 0 Å². The van der Waals surface area contributed by atoms with E-state index < -0.39 is 0 Å². The third-order valence-corrected chi connectivity index (χ3v) is 4.13. The molecule has 0 aliphatic carbocycles. The second-order valence-electron chi connectivity index (χ2n) is 6.31. The summed E-state index contributed by atoms with van der Waals surface area (Å²) in [7, 11) is 0. The van der Waals surface area contributed by atoms with Gasteiger partial charge in [-0.15, -0.1) is 0 Å². The number of pyridine rings is 2. The Labute approximate surface area is 169 Å². The zero-order chi connectivity index (χ0) is 20.5. The number of esters is 1. The van der Waals surface area contributed by atoms with Gasteiger partial charge in [0.15, 0.2) is 0 Å². The topological polar surface area (TPSA) is 84.4 Å². The predicted molar refractivity (Wildman–Crippen MR) is 109 cm³/mol. The Morgan fingerprint density at radius 1 is 0.931 bits per heavy atom. The SMILES string of the molecule is CCOC(=O)c1ccc(NC(=O)N(Cc2cccnc2)Cc2cccnc2)cc1. The number of aromatic nitrogens is 2. The Kier molecular flexibility index (Phi) is 6.89. The maximum Gasteiger partial charge on any atom is 0.338 e. The van der Waals surface area contributed by atoms with Crippen molar-refractivity contribution in [3.8, 4) is 0 Å². The molecule has 29 heavy (non-hydrogen) atoms. The van der Waals surface area contributed by atoms with E-state index in [2.05, 4.69) is 15.3 Å². The largest absolute Gasteiger partial charge is 0.462 e. The molecule has 3 rings (SSSR count). The monoisotopic (exact) mass is 390 g/mol. The van der Waals surface area contributed by atoms with E-state index in [-0.39, 0.29) is 12.0 Å². The quantitative estimate of drug-likeness (QED) is 0.619. The summed E-state index contributed by atoms with van der Waals surface area (Å²) in [6.07, 6.45) is 6.86. The summed E-state index contributed by atoms with van der Waals surface area (Å²) in [5.41, 5.74) is 2.87. The van der Waals surface area contributed by atoms with Gasteiger partial charge in [0, 0.05) is 43.6 Å². The van der Waals surface area contributed by atoms with E-state index in [1.165, 1.54) is 0 Å². The lowest BCUT2D eigenvalue weighted by atomic mass is 10.2. The van der Waals surface area contributed by atoms with Crippen molar-refractivity contribution < 1.29 is 14.3 Å². The van der Waals surface area contributed by atoms with Crippen molar-refractivity contribution in [2.75, 3.05) is 11.9 Å². The van der Waals surface area contributed by atoms with Gasteiger partial charge in [-0.25, -0.2) is 9.59 Å². The molecule has 1 aromatic carbocycles. The minimum Gasteiger partial charge on any atom is -0.462 e. The van der Waals surface area contributed by atoms with Gasteiger partial charge >= 0.3 is 12.0 Å². The van der Waals surface area contributed by atoms with Crippen molar-refractivity contribution in [1.82, 2.24) is 14.9 Å². The number of urea groups is 1. The van der Waals surface area contributed by atoms with Crippen LogP contribution in [-0.2, 0) is 17.8 Å². The van der Waals surface area contributed by atoms with E-state index in [1.807, 2.05) is 24.3 Å². The van der Waals surface area contributed by atoms with Gasteiger partial charge in [0.1, 0.15) is 0 Å². The summed E-state index contributed by atoms with van der Waals surface area (Å²) in [5.74, 6) is -0.389. The van der Waals surface area contributed by atoms with Gasteiger partial charge < -0.3 is 15.0 Å². The highest BCUT2D eigenvalue weighted by Crippen LogP contribution is 2.14. The van der Waals surface area contributed by atoms with Crippen LogP contribution in [0.15, 0.2) is 73.3 Å². The first-order valence-electron chi connectivity index (χ1n) is 9.26. The van der Waals surface area contributed by atoms with Gasteiger partial charge in [0.25, 0.3) is 0 Å². The molecule has 0 saturated carbocycles. The molecular weight excluding hydrogens is 368 g/mol. The standard InChI is InChI=1S/C22H22N4O3/c1-2-29-21(27)19-7-9-20(10-8-19)25-22(28)26(15-17-5-3-11-23-13-17)16-18-6-4-12-24-14-18/h3-14H,2,15-16H2,1H3,(H,25,28). The summed E-state index contributed by atoms with van der Waals surface area (Å²) < 4.78 is 4.97. The van der Waals surface area contributed by atoms with Crippen LogP contribution in [0.4, 0.5) is 10.5 Å². The fraction of sp³-hybridized carbons (Fsp3) is 0.182. The Morgan fingerprint density at radius 3 is 2.00 bits per heavy atom. The highest BCUT2D eigenvalue weighted by molar-refractivity contribution is 5.92. The van der Waals surface area contributed by atoms with Crippen LogP contribution in [0.3, 0.4) is 0 Å². The van der Waals surface area contributed by atoms with Crippen LogP contribution in [-0.4, -0.2) is 33.5 Å². The highest BCUT2D eigenvalue weighted by atomic mass is 16.5. The highest BCUT2D eigenvalue weighted by Gasteiger charge is 2.16. The summed E-state index contributed by atoms with van der Waals surface area (Å²) in [5, 5.41) is 2.87. The smallest absolute Gasteiger partial charge is 0.338 e. The van der Waals surface area contributed by atoms with Crippen molar-refractivity contribution in [2.24, 2.45) is 0 Å². The van der Waals surface area contributed by atoms with Crippen LogP contribution in [0.2, 0.25) is 0 Å². The Balaban J connectivity index is 1.72. The lowest BCUT2D eigenvalue weighted by Crippen LogP contribution is -2.34. The molecule has 0 spiro atoms. The molecule has 7 nitrogen and oxygen atoms in total. The van der Waals surface area contributed by atoms with E-state index in [4.69, 9.17) is 4.74 Å². The number of carbonyl (C=O) groups excluding carboxylic acids is 2. The van der Waals surface area contributed by atoms with E-state index >= 15 is 0 Å². The molecule has 2 heterocycles. The summed E-state index contributed by atoms with van der Waals surface area (Å²) >= 11 is 0. The minimum atomic E-state index is -0.389. The van der Waals surface area contributed by atoms with Gasteiger partial charge in [-0.1, -0.05) is 12.1 Å². The van der Waals surface area contributed by atoms with E-state index in [9.17, 15) is 9.59 Å². The van der Waals surface area contributed by atoms with E-state index in [0.717, 1.165) is 11.1 Å². The van der Waals surface area contributed by atoms with E-state index in [1.54, 1.807) is 60.9 Å². The Hall–Kier alpha value is -3.74. The van der Waals surface area contributed by atoms with Crippen LogP contribution in [0.1, 0.15) is 28.4 Å².